The van der Waals surface area contributed by atoms with Crippen LogP contribution in [-0.4, -0.2) is 98.9 Å². The first-order valence-corrected chi connectivity index (χ1v) is 26.1. The van der Waals surface area contributed by atoms with Crippen molar-refractivity contribution in [3.63, 3.8) is 0 Å². The Morgan fingerprint density at radius 3 is 1.43 bits per heavy atom. The standard InChI is InChI=1S/C50H89O12P/c1-3-5-7-9-11-13-15-17-19-21-23-25-27-29-31-33-35-37-39-44(51)61-43(42-60-63(57,58)62-50-48(55)46(53)45(52)47(54)49(50)56)41-59-40-38-36-34-32-30-28-26-24-22-20-18-16-14-12-10-8-6-4-2/h6,8,12-15,18-21,43,45-50,52-56H,3-5,7,9-11,16-17,22-42H2,1-2H3,(H,57,58)/b8-6-,14-12-,15-13-,20-18-,21-19-. The maximum atomic E-state index is 12.8. The molecule has 0 aromatic carbocycles. The van der Waals surface area contributed by atoms with E-state index in [0.717, 1.165) is 89.9 Å². The van der Waals surface area contributed by atoms with Gasteiger partial charge < -0.3 is 39.9 Å². The quantitative estimate of drug-likeness (QED) is 0.0147. The first kappa shape index (κ1) is 59.1. The van der Waals surface area contributed by atoms with Gasteiger partial charge in [0.05, 0.1) is 13.2 Å². The van der Waals surface area contributed by atoms with Crippen LogP contribution in [0.15, 0.2) is 60.8 Å². The van der Waals surface area contributed by atoms with E-state index in [2.05, 4.69) is 74.6 Å². The maximum Gasteiger partial charge on any atom is 0.472 e. The minimum Gasteiger partial charge on any atom is -0.457 e. The molecule has 6 unspecified atom stereocenters. The second-order valence-corrected chi connectivity index (χ2v) is 18.3. The van der Waals surface area contributed by atoms with Gasteiger partial charge in [-0.15, -0.1) is 0 Å². The summed E-state index contributed by atoms with van der Waals surface area (Å²) in [5.41, 5.74) is 0. The van der Waals surface area contributed by atoms with Crippen molar-refractivity contribution >= 4 is 13.8 Å². The van der Waals surface area contributed by atoms with E-state index in [1.54, 1.807) is 0 Å². The lowest BCUT2D eigenvalue weighted by atomic mass is 9.85. The summed E-state index contributed by atoms with van der Waals surface area (Å²) in [6, 6.07) is 0. The fourth-order valence-corrected chi connectivity index (χ4v) is 8.20. The van der Waals surface area contributed by atoms with Gasteiger partial charge in [0.2, 0.25) is 0 Å². The number of ether oxygens (including phenoxy) is 2. The third-order valence-electron chi connectivity index (χ3n) is 11.1. The third-order valence-corrected chi connectivity index (χ3v) is 12.1. The van der Waals surface area contributed by atoms with Crippen LogP contribution in [0.3, 0.4) is 0 Å². The molecule has 1 rings (SSSR count). The molecule has 0 spiro atoms. The number of hydrogen-bond donors (Lipinski definition) is 6. The molecule has 13 heteroatoms. The van der Waals surface area contributed by atoms with Crippen molar-refractivity contribution in [3.8, 4) is 0 Å². The number of allylic oxidation sites excluding steroid dienone is 10. The molecule has 1 fully saturated rings. The number of carbonyl (C=O) groups excluding carboxylic acids is 1. The van der Waals surface area contributed by atoms with E-state index in [0.29, 0.717) is 13.0 Å². The summed E-state index contributed by atoms with van der Waals surface area (Å²) >= 11 is 0. The molecule has 366 valence electrons. The number of aliphatic hydroxyl groups is 5. The Morgan fingerprint density at radius 1 is 0.524 bits per heavy atom. The van der Waals surface area contributed by atoms with Gasteiger partial charge >= 0.3 is 13.8 Å². The van der Waals surface area contributed by atoms with Crippen LogP contribution in [0, 0.1) is 0 Å². The van der Waals surface area contributed by atoms with E-state index >= 15 is 0 Å². The number of aliphatic hydroxyl groups excluding tert-OH is 5. The highest BCUT2D eigenvalue weighted by Crippen LogP contribution is 2.47. The van der Waals surface area contributed by atoms with Gasteiger partial charge in [0, 0.05) is 13.0 Å². The van der Waals surface area contributed by atoms with E-state index in [4.69, 9.17) is 18.5 Å². The number of unbranched alkanes of at least 4 members (excludes halogenated alkanes) is 19. The minimum absolute atomic E-state index is 0.0872. The number of esters is 1. The molecule has 0 radical (unpaired) electrons. The topological polar surface area (TPSA) is 192 Å². The fraction of sp³-hybridized carbons (Fsp3) is 0.780. The zero-order chi connectivity index (χ0) is 46.2. The molecular weight excluding hydrogens is 824 g/mol. The summed E-state index contributed by atoms with van der Waals surface area (Å²) in [5.74, 6) is -0.489. The number of hydrogen-bond acceptors (Lipinski definition) is 11. The average molecular weight is 913 g/mol. The summed E-state index contributed by atoms with van der Waals surface area (Å²) in [7, 11) is -5.03. The average Bonchev–Trinajstić information content (AvgIpc) is 3.27. The first-order valence-electron chi connectivity index (χ1n) is 24.6. The van der Waals surface area contributed by atoms with E-state index in [1.807, 2.05) is 0 Å². The van der Waals surface area contributed by atoms with Crippen molar-refractivity contribution in [2.75, 3.05) is 19.8 Å². The molecule has 1 saturated carbocycles. The Hall–Kier alpha value is -1.96. The van der Waals surface area contributed by atoms with Gasteiger partial charge in [-0.05, 0) is 77.0 Å². The smallest absolute Gasteiger partial charge is 0.457 e. The predicted octanol–water partition coefficient (Wildman–Crippen LogP) is 10.6. The molecule has 0 aromatic heterocycles. The van der Waals surface area contributed by atoms with Gasteiger partial charge in [0.1, 0.15) is 42.7 Å². The van der Waals surface area contributed by atoms with Crippen LogP contribution in [0.4, 0.5) is 0 Å². The van der Waals surface area contributed by atoms with E-state index in [1.165, 1.54) is 70.6 Å². The van der Waals surface area contributed by atoms with Crippen molar-refractivity contribution in [3.05, 3.63) is 60.8 Å². The van der Waals surface area contributed by atoms with Crippen LogP contribution in [0.2, 0.25) is 0 Å². The van der Waals surface area contributed by atoms with E-state index in [-0.39, 0.29) is 13.0 Å². The summed E-state index contributed by atoms with van der Waals surface area (Å²) in [5, 5.41) is 50.3. The maximum absolute atomic E-state index is 12.8. The SMILES string of the molecule is CC/C=C\C/C=C\C/C=C\CCCCCCCCCCOCC(COP(=O)(O)OC1C(O)C(O)C(O)C(O)C1O)OC(=O)CCCCCCCCC/C=C\C/C=C\CCCCCC. The number of phosphoric ester groups is 1. The minimum atomic E-state index is -5.03. The van der Waals surface area contributed by atoms with Crippen molar-refractivity contribution in [1.82, 2.24) is 0 Å². The number of phosphoric acid groups is 1. The van der Waals surface area contributed by atoms with Crippen molar-refractivity contribution < 1.29 is 58.3 Å². The molecule has 0 aliphatic heterocycles. The lowest BCUT2D eigenvalue weighted by molar-refractivity contribution is -0.220. The molecule has 0 amide bonds. The highest BCUT2D eigenvalue weighted by molar-refractivity contribution is 7.47. The zero-order valence-corrected chi connectivity index (χ0v) is 40.0. The van der Waals surface area contributed by atoms with Crippen LogP contribution in [-0.2, 0) is 27.9 Å². The van der Waals surface area contributed by atoms with E-state index < -0.39 is 63.1 Å². The van der Waals surface area contributed by atoms with Crippen LogP contribution in [0.1, 0.15) is 187 Å². The van der Waals surface area contributed by atoms with Crippen molar-refractivity contribution in [2.24, 2.45) is 0 Å². The summed E-state index contributed by atoms with van der Waals surface area (Å²) < 4.78 is 34.2. The van der Waals surface area contributed by atoms with Gasteiger partial charge in [-0.25, -0.2) is 4.57 Å². The molecule has 1 aliphatic rings. The zero-order valence-electron chi connectivity index (χ0n) is 39.1. The van der Waals surface area contributed by atoms with Crippen molar-refractivity contribution in [1.29, 1.82) is 0 Å². The van der Waals surface area contributed by atoms with Gasteiger partial charge in [-0.2, -0.15) is 0 Å². The molecule has 0 saturated heterocycles. The van der Waals surface area contributed by atoms with Crippen molar-refractivity contribution in [2.45, 2.75) is 230 Å². The fourth-order valence-electron chi connectivity index (χ4n) is 7.22. The normalized spacial score (nSPS) is 22.3. The molecule has 0 heterocycles. The Labute approximate surface area is 381 Å². The Morgan fingerprint density at radius 2 is 0.937 bits per heavy atom. The number of rotatable bonds is 41. The van der Waals surface area contributed by atoms with E-state index in [9.17, 15) is 39.8 Å². The molecule has 0 aromatic rings. The highest BCUT2D eigenvalue weighted by atomic mass is 31.2. The summed E-state index contributed by atoms with van der Waals surface area (Å²) in [6.07, 6.45) is 38.5. The molecule has 0 bridgehead atoms. The molecule has 1 aliphatic carbocycles. The molecule has 12 nitrogen and oxygen atoms in total. The van der Waals surface area contributed by atoms with Gasteiger partial charge in [0.25, 0.3) is 0 Å². The highest BCUT2D eigenvalue weighted by Gasteiger charge is 2.51. The van der Waals surface area contributed by atoms with Gasteiger partial charge in [-0.3, -0.25) is 13.8 Å². The first-order chi connectivity index (χ1) is 30.5. The lowest BCUT2D eigenvalue weighted by Gasteiger charge is -2.41. The Kier molecular flexibility index (Phi) is 37.8. The third kappa shape index (κ3) is 32.4. The Bertz CT molecular complexity index is 1270. The predicted molar refractivity (Wildman–Crippen MR) is 253 cm³/mol. The Balaban J connectivity index is 2.38. The van der Waals surface area contributed by atoms with Gasteiger partial charge in [-0.1, -0.05) is 164 Å². The van der Waals surface area contributed by atoms with Crippen LogP contribution in [0.25, 0.3) is 0 Å². The second-order valence-electron chi connectivity index (χ2n) is 16.9. The summed E-state index contributed by atoms with van der Waals surface area (Å²) in [6.45, 7) is 4.11. The number of carbonyl (C=O) groups is 1. The van der Waals surface area contributed by atoms with Crippen LogP contribution >= 0.6 is 7.82 Å². The second kappa shape index (κ2) is 40.3. The molecule has 63 heavy (non-hydrogen) atoms. The largest absolute Gasteiger partial charge is 0.472 e. The molecule has 6 atom stereocenters. The lowest BCUT2D eigenvalue weighted by Crippen LogP contribution is -2.64. The monoisotopic (exact) mass is 913 g/mol. The van der Waals surface area contributed by atoms with Crippen LogP contribution < -0.4 is 0 Å². The summed E-state index contributed by atoms with van der Waals surface area (Å²) in [4.78, 5) is 23.2. The molecule has 6 N–H and O–H groups in total. The molecular formula is C50H89O12P. The van der Waals surface area contributed by atoms with Gasteiger partial charge in [0.15, 0.2) is 0 Å². The van der Waals surface area contributed by atoms with Crippen LogP contribution in [0.5, 0.6) is 0 Å².